The molecule has 0 amide bonds. The lowest BCUT2D eigenvalue weighted by Gasteiger charge is -2.20. The third-order valence-corrected chi connectivity index (χ3v) is 5.78. The molecule has 2 N–H and O–H groups in total. The summed E-state index contributed by atoms with van der Waals surface area (Å²) in [5.74, 6) is -2.98. The molecule has 0 aliphatic carbocycles. The Kier molecular flexibility index (Phi) is 4.91. The summed E-state index contributed by atoms with van der Waals surface area (Å²) in [5.41, 5.74) is -2.10. The molecule has 0 radical (unpaired) electrons. The van der Waals surface area contributed by atoms with Crippen LogP contribution < -0.4 is 11.3 Å². The van der Waals surface area contributed by atoms with E-state index in [-0.39, 0.29) is 43.7 Å². The van der Waals surface area contributed by atoms with Crippen LogP contribution in [0.25, 0.3) is 21.9 Å². The lowest BCUT2D eigenvalue weighted by atomic mass is 9.84. The molecule has 0 fully saturated rings. The molecule has 5 aromatic rings. The molecule has 0 aliphatic heterocycles. The molecule has 8 heteroatoms. The van der Waals surface area contributed by atoms with E-state index in [4.69, 9.17) is 20.4 Å². The van der Waals surface area contributed by atoms with Crippen LogP contribution in [0, 0.1) is 5.82 Å². The molecular formula is C25H14ClFO6. The van der Waals surface area contributed by atoms with E-state index >= 15 is 0 Å². The third kappa shape index (κ3) is 3.34. The molecule has 33 heavy (non-hydrogen) atoms. The zero-order valence-electron chi connectivity index (χ0n) is 16.7. The first-order valence-corrected chi connectivity index (χ1v) is 10.2. The summed E-state index contributed by atoms with van der Waals surface area (Å²) < 4.78 is 24.7. The Morgan fingerprint density at radius 1 is 0.758 bits per heavy atom. The first-order valence-electron chi connectivity index (χ1n) is 9.81. The van der Waals surface area contributed by atoms with Gasteiger partial charge < -0.3 is 19.0 Å². The number of para-hydroxylation sites is 2. The van der Waals surface area contributed by atoms with E-state index in [9.17, 15) is 24.2 Å². The number of aromatic hydroxyl groups is 2. The highest BCUT2D eigenvalue weighted by molar-refractivity contribution is 6.30. The van der Waals surface area contributed by atoms with Gasteiger partial charge in [0.05, 0.1) is 32.8 Å². The summed E-state index contributed by atoms with van der Waals surface area (Å²) in [6.07, 6.45) is 0. The standard InChI is InChI=1S/C25H14ClFO6/c26-15-11-12(9-10-16(15)27)19(20-22(28)13-5-1-3-7-17(13)32-24(20)30)21-23(29)14-6-2-4-8-18(14)33-25(21)31/h1-11,19,28-29H. The molecule has 164 valence electrons. The van der Waals surface area contributed by atoms with Crippen LogP contribution >= 0.6 is 11.6 Å². The number of hydrogen-bond acceptors (Lipinski definition) is 6. The van der Waals surface area contributed by atoms with Gasteiger partial charge in [0.15, 0.2) is 0 Å². The molecule has 3 aromatic carbocycles. The van der Waals surface area contributed by atoms with Gasteiger partial charge in [-0.1, -0.05) is 41.9 Å². The fourth-order valence-electron chi connectivity index (χ4n) is 3.97. The monoisotopic (exact) mass is 464 g/mol. The van der Waals surface area contributed by atoms with Gasteiger partial charge in [0.25, 0.3) is 0 Å². The minimum Gasteiger partial charge on any atom is -0.507 e. The van der Waals surface area contributed by atoms with Gasteiger partial charge in [-0.25, -0.2) is 14.0 Å². The van der Waals surface area contributed by atoms with E-state index in [0.29, 0.717) is 0 Å². The highest BCUT2D eigenvalue weighted by Crippen LogP contribution is 2.42. The van der Waals surface area contributed by atoms with Crippen molar-refractivity contribution < 1.29 is 23.4 Å². The fourth-order valence-corrected chi connectivity index (χ4v) is 4.16. The summed E-state index contributed by atoms with van der Waals surface area (Å²) in [5, 5.41) is 22.3. The van der Waals surface area contributed by atoms with Crippen molar-refractivity contribution in [1.29, 1.82) is 0 Å². The summed E-state index contributed by atoms with van der Waals surface area (Å²) in [7, 11) is 0. The zero-order chi connectivity index (χ0) is 23.3. The average Bonchev–Trinajstić information content (AvgIpc) is 2.80. The Morgan fingerprint density at radius 3 is 1.73 bits per heavy atom. The van der Waals surface area contributed by atoms with Crippen molar-refractivity contribution in [1.82, 2.24) is 0 Å². The van der Waals surface area contributed by atoms with Crippen LogP contribution in [-0.2, 0) is 0 Å². The minimum atomic E-state index is -1.37. The van der Waals surface area contributed by atoms with Gasteiger partial charge in [0.2, 0.25) is 0 Å². The molecule has 2 heterocycles. The predicted molar refractivity (Wildman–Crippen MR) is 121 cm³/mol. The van der Waals surface area contributed by atoms with E-state index in [2.05, 4.69) is 0 Å². The number of hydrogen-bond donors (Lipinski definition) is 2. The van der Waals surface area contributed by atoms with Crippen molar-refractivity contribution in [3.8, 4) is 11.5 Å². The van der Waals surface area contributed by atoms with Crippen LogP contribution in [0.1, 0.15) is 22.6 Å². The topological polar surface area (TPSA) is 101 Å². The Labute approximate surface area is 189 Å². The highest BCUT2D eigenvalue weighted by atomic mass is 35.5. The Bertz CT molecular complexity index is 1570. The van der Waals surface area contributed by atoms with E-state index in [1.54, 1.807) is 24.3 Å². The van der Waals surface area contributed by atoms with Crippen molar-refractivity contribution in [2.24, 2.45) is 0 Å². The van der Waals surface area contributed by atoms with Crippen LogP contribution in [0.4, 0.5) is 4.39 Å². The molecule has 0 spiro atoms. The van der Waals surface area contributed by atoms with Crippen LogP contribution in [-0.4, -0.2) is 10.2 Å². The molecule has 2 aromatic heterocycles. The summed E-state index contributed by atoms with van der Waals surface area (Å²) >= 11 is 5.98. The van der Waals surface area contributed by atoms with Crippen molar-refractivity contribution in [3.05, 3.63) is 115 Å². The van der Waals surface area contributed by atoms with Crippen molar-refractivity contribution >= 4 is 33.5 Å². The first-order chi connectivity index (χ1) is 15.9. The lowest BCUT2D eigenvalue weighted by molar-refractivity contribution is 0.441. The van der Waals surface area contributed by atoms with Crippen molar-refractivity contribution in [2.75, 3.05) is 0 Å². The Morgan fingerprint density at radius 2 is 1.24 bits per heavy atom. The smallest absolute Gasteiger partial charge is 0.344 e. The quantitative estimate of drug-likeness (QED) is 0.352. The van der Waals surface area contributed by atoms with Gasteiger partial charge in [-0.15, -0.1) is 0 Å². The predicted octanol–water partition coefficient (Wildman–Crippen LogP) is 5.28. The minimum absolute atomic E-state index is 0.134. The van der Waals surface area contributed by atoms with Crippen LogP contribution in [0.2, 0.25) is 5.02 Å². The van der Waals surface area contributed by atoms with E-state index in [1.807, 2.05) is 0 Å². The van der Waals surface area contributed by atoms with Crippen molar-refractivity contribution in [2.45, 2.75) is 5.92 Å². The van der Waals surface area contributed by atoms with Crippen LogP contribution in [0.15, 0.2) is 85.2 Å². The summed E-state index contributed by atoms with van der Waals surface area (Å²) in [6, 6.07) is 16.2. The molecule has 0 saturated heterocycles. The van der Waals surface area contributed by atoms with Gasteiger partial charge >= 0.3 is 11.3 Å². The maximum absolute atomic E-state index is 13.9. The second kappa shape index (κ2) is 7.79. The first kappa shape index (κ1) is 20.8. The number of rotatable bonds is 3. The van der Waals surface area contributed by atoms with Gasteiger partial charge in [0, 0.05) is 0 Å². The SMILES string of the molecule is O=c1oc2ccccc2c(O)c1C(c1ccc(F)c(Cl)c1)c1c(O)c2ccccc2oc1=O. The summed E-state index contributed by atoms with van der Waals surface area (Å²) in [6.45, 7) is 0. The molecule has 0 saturated carbocycles. The second-order valence-electron chi connectivity index (χ2n) is 7.40. The zero-order valence-corrected chi connectivity index (χ0v) is 17.5. The largest absolute Gasteiger partial charge is 0.507 e. The highest BCUT2D eigenvalue weighted by Gasteiger charge is 2.32. The Hall–Kier alpha value is -4.10. The van der Waals surface area contributed by atoms with Gasteiger partial charge in [-0.05, 0) is 42.0 Å². The Balaban J connectivity index is 1.92. The second-order valence-corrected chi connectivity index (χ2v) is 7.81. The lowest BCUT2D eigenvalue weighted by Crippen LogP contribution is -2.21. The van der Waals surface area contributed by atoms with Crippen molar-refractivity contribution in [3.63, 3.8) is 0 Å². The van der Waals surface area contributed by atoms with E-state index < -0.39 is 34.5 Å². The number of benzene rings is 3. The molecule has 0 atom stereocenters. The van der Waals surface area contributed by atoms with Gasteiger partial charge in [-0.3, -0.25) is 0 Å². The molecule has 0 aliphatic rings. The maximum atomic E-state index is 13.9. The number of halogens is 2. The van der Waals surface area contributed by atoms with Crippen LogP contribution in [0.3, 0.4) is 0 Å². The molecule has 5 rings (SSSR count). The average molecular weight is 465 g/mol. The molecule has 0 unspecified atom stereocenters. The molecule has 6 nitrogen and oxygen atoms in total. The fraction of sp³-hybridized carbons (Fsp3) is 0.0400. The number of fused-ring (bicyclic) bond motifs is 2. The van der Waals surface area contributed by atoms with E-state index in [0.717, 1.165) is 6.07 Å². The normalized spacial score (nSPS) is 11.5. The van der Waals surface area contributed by atoms with Crippen LogP contribution in [0.5, 0.6) is 11.5 Å². The molecular weight excluding hydrogens is 451 g/mol. The maximum Gasteiger partial charge on any atom is 0.344 e. The third-order valence-electron chi connectivity index (χ3n) is 5.49. The molecule has 0 bridgehead atoms. The van der Waals surface area contributed by atoms with Gasteiger partial charge in [0.1, 0.15) is 28.5 Å². The summed E-state index contributed by atoms with van der Waals surface area (Å²) in [4.78, 5) is 26.1. The van der Waals surface area contributed by atoms with E-state index in [1.165, 1.54) is 36.4 Å². The van der Waals surface area contributed by atoms with Gasteiger partial charge in [-0.2, -0.15) is 0 Å².